The summed E-state index contributed by atoms with van der Waals surface area (Å²) < 4.78 is 11.7. The van der Waals surface area contributed by atoms with Crippen molar-refractivity contribution in [2.45, 2.75) is 0 Å². The van der Waals surface area contributed by atoms with E-state index in [2.05, 4.69) is 19.7 Å². The van der Waals surface area contributed by atoms with Gasteiger partial charge in [0.25, 0.3) is 7.14 Å². The molecule has 0 saturated heterocycles. The molecular weight excluding hydrogens is 203 g/mol. The molecule has 0 spiro atoms. The summed E-state index contributed by atoms with van der Waals surface area (Å²) in [5, 5.41) is 0. The van der Waals surface area contributed by atoms with Gasteiger partial charge in [-0.1, -0.05) is 19.7 Å². The summed E-state index contributed by atoms with van der Waals surface area (Å²) in [5.74, 6) is 0. The molecular formula is C9H9O4P. The second-order valence-electron chi connectivity index (χ2n) is 2.24. The van der Waals surface area contributed by atoms with Crippen LogP contribution in [-0.4, -0.2) is 16.6 Å². The van der Waals surface area contributed by atoms with E-state index < -0.39 is 23.7 Å². The number of hydrogen-bond acceptors (Lipinski definition) is 4. The lowest BCUT2D eigenvalue weighted by atomic mass is 10.7. The van der Waals surface area contributed by atoms with Crippen molar-refractivity contribution in [3.05, 3.63) is 38.0 Å². The lowest BCUT2D eigenvalue weighted by Crippen LogP contribution is -2.12. The van der Waals surface area contributed by atoms with Gasteiger partial charge >= 0.3 is 0 Å². The van der Waals surface area contributed by atoms with Gasteiger partial charge in [0.05, 0.1) is 0 Å². The maximum absolute atomic E-state index is 11.7. The van der Waals surface area contributed by atoms with Gasteiger partial charge in [-0.05, 0) is 18.2 Å². The first kappa shape index (κ1) is 12.5. The van der Waals surface area contributed by atoms with Gasteiger partial charge in [-0.15, -0.1) is 0 Å². The predicted octanol–water partition coefficient (Wildman–Crippen LogP) is 1.49. The highest BCUT2D eigenvalue weighted by atomic mass is 31.2. The molecule has 0 aromatic rings. The molecule has 4 nitrogen and oxygen atoms in total. The third kappa shape index (κ3) is 1.86. The van der Waals surface area contributed by atoms with Crippen molar-refractivity contribution < 1.29 is 18.9 Å². The van der Waals surface area contributed by atoms with E-state index in [0.717, 1.165) is 0 Å². The highest BCUT2D eigenvalue weighted by Gasteiger charge is 2.41. The van der Waals surface area contributed by atoms with Gasteiger partial charge in [0.2, 0.25) is 16.6 Å². The van der Waals surface area contributed by atoms with Gasteiger partial charge < -0.3 is 0 Å². The highest BCUT2D eigenvalue weighted by Crippen LogP contribution is 2.49. The van der Waals surface area contributed by atoms with Gasteiger partial charge in [-0.25, -0.2) is 0 Å². The maximum Gasteiger partial charge on any atom is 0.285 e. The molecule has 74 valence electrons. The van der Waals surface area contributed by atoms with Gasteiger partial charge in [0, 0.05) is 0 Å². The highest BCUT2D eigenvalue weighted by molar-refractivity contribution is 8.07. The maximum atomic E-state index is 11.7. The summed E-state index contributed by atoms with van der Waals surface area (Å²) in [5.41, 5.74) is -3.27. The molecule has 0 radical (unpaired) electrons. The van der Waals surface area contributed by atoms with Crippen LogP contribution in [-0.2, 0) is 18.9 Å². The number of rotatable bonds is 6. The van der Waals surface area contributed by atoms with Crippen molar-refractivity contribution in [2.24, 2.45) is 0 Å². The van der Waals surface area contributed by atoms with Gasteiger partial charge in [-0.2, -0.15) is 0 Å². The Labute approximate surface area is 81.4 Å². The van der Waals surface area contributed by atoms with Crippen LogP contribution in [0.15, 0.2) is 38.0 Å². The summed E-state index contributed by atoms with van der Waals surface area (Å²) in [6.07, 6.45) is 2.05. The Balaban J connectivity index is 5.60. The molecule has 0 aliphatic rings. The zero-order chi connectivity index (χ0) is 11.4. The first-order valence-corrected chi connectivity index (χ1v) is 5.26. The first-order chi connectivity index (χ1) is 6.44. The number of hydrogen-bond donors (Lipinski definition) is 0. The van der Waals surface area contributed by atoms with Crippen LogP contribution in [0.1, 0.15) is 0 Å². The van der Waals surface area contributed by atoms with Crippen molar-refractivity contribution in [1.29, 1.82) is 0 Å². The van der Waals surface area contributed by atoms with Crippen molar-refractivity contribution in [2.75, 3.05) is 0 Å². The summed E-state index contributed by atoms with van der Waals surface area (Å²) >= 11 is 0. The van der Waals surface area contributed by atoms with Crippen LogP contribution in [0.4, 0.5) is 0 Å². The van der Waals surface area contributed by atoms with Gasteiger partial charge in [0.15, 0.2) is 0 Å². The second-order valence-corrected chi connectivity index (χ2v) is 4.78. The van der Waals surface area contributed by atoms with E-state index >= 15 is 0 Å². The summed E-state index contributed by atoms with van der Waals surface area (Å²) in [4.78, 5) is 33.3. The molecule has 14 heavy (non-hydrogen) atoms. The number of carbonyl (C=O) groups is 3. The average molecular weight is 212 g/mol. The molecule has 0 aliphatic heterocycles. The molecule has 0 N–H and O–H groups in total. The molecule has 5 heteroatoms. The SMILES string of the molecule is C=CC(=O)P(=O)(C(=O)C=C)C(=O)C=C. The van der Waals surface area contributed by atoms with E-state index in [1.54, 1.807) is 0 Å². The Kier molecular flexibility index (Phi) is 4.12. The van der Waals surface area contributed by atoms with E-state index in [4.69, 9.17) is 0 Å². The van der Waals surface area contributed by atoms with Crippen molar-refractivity contribution in [3.8, 4) is 0 Å². The topological polar surface area (TPSA) is 68.3 Å². The average Bonchev–Trinajstić information content (AvgIpc) is 2.24. The van der Waals surface area contributed by atoms with Crippen LogP contribution < -0.4 is 0 Å². The lowest BCUT2D eigenvalue weighted by molar-refractivity contribution is -0.113. The predicted molar refractivity (Wildman–Crippen MR) is 53.2 cm³/mol. The minimum Gasteiger partial charge on any atom is -0.298 e. The molecule has 0 aromatic heterocycles. The molecule has 0 saturated carbocycles. The van der Waals surface area contributed by atoms with Crippen LogP contribution in [0.5, 0.6) is 0 Å². The molecule has 0 atom stereocenters. The van der Waals surface area contributed by atoms with E-state index in [-0.39, 0.29) is 0 Å². The van der Waals surface area contributed by atoms with E-state index in [1.807, 2.05) is 0 Å². The van der Waals surface area contributed by atoms with Crippen LogP contribution in [0.2, 0.25) is 0 Å². The van der Waals surface area contributed by atoms with Gasteiger partial charge in [0.1, 0.15) is 0 Å². The summed E-state index contributed by atoms with van der Waals surface area (Å²) in [6, 6.07) is 0. The number of carbonyl (C=O) groups excluding carboxylic acids is 3. The first-order valence-electron chi connectivity index (χ1n) is 3.56. The van der Waals surface area contributed by atoms with Crippen molar-refractivity contribution >= 4 is 23.7 Å². The zero-order valence-corrected chi connectivity index (χ0v) is 8.33. The summed E-state index contributed by atoms with van der Waals surface area (Å²) in [7, 11) is -4.26. The monoisotopic (exact) mass is 212 g/mol. The molecule has 0 bridgehead atoms. The molecule has 0 fully saturated rings. The smallest absolute Gasteiger partial charge is 0.285 e. The van der Waals surface area contributed by atoms with Crippen molar-refractivity contribution in [3.63, 3.8) is 0 Å². The fraction of sp³-hybridized carbons (Fsp3) is 0. The fourth-order valence-corrected chi connectivity index (χ4v) is 2.13. The molecule has 0 unspecified atom stereocenters. The Bertz CT molecular complexity index is 321. The largest absolute Gasteiger partial charge is 0.298 e. The quantitative estimate of drug-likeness (QED) is 0.494. The molecule has 0 heterocycles. The molecule has 0 rings (SSSR count). The van der Waals surface area contributed by atoms with E-state index in [0.29, 0.717) is 18.2 Å². The van der Waals surface area contributed by atoms with E-state index in [9.17, 15) is 18.9 Å². The molecule has 0 aromatic carbocycles. The third-order valence-corrected chi connectivity index (χ3v) is 3.86. The van der Waals surface area contributed by atoms with Crippen LogP contribution >= 0.6 is 7.14 Å². The second kappa shape index (κ2) is 4.63. The molecule has 0 amide bonds. The minimum absolute atomic E-state index is 0.684. The van der Waals surface area contributed by atoms with Crippen LogP contribution in [0.25, 0.3) is 0 Å². The Morgan fingerprint density at radius 2 is 1.00 bits per heavy atom. The zero-order valence-electron chi connectivity index (χ0n) is 7.43. The van der Waals surface area contributed by atoms with Crippen molar-refractivity contribution in [1.82, 2.24) is 0 Å². The van der Waals surface area contributed by atoms with Crippen LogP contribution in [0.3, 0.4) is 0 Å². The Morgan fingerprint density at radius 3 is 1.14 bits per heavy atom. The third-order valence-electron chi connectivity index (χ3n) is 1.45. The normalized spacial score (nSPS) is 10.0. The van der Waals surface area contributed by atoms with Crippen LogP contribution in [0, 0.1) is 0 Å². The minimum atomic E-state index is -4.26. The van der Waals surface area contributed by atoms with Gasteiger partial charge in [-0.3, -0.25) is 18.9 Å². The Hall–Kier alpha value is -1.54. The standard InChI is InChI=1S/C9H9O4P/c1-4-7(10)14(13,8(11)5-2)9(12)6-3/h4-6H,1-3H2. The fourth-order valence-electron chi connectivity index (χ4n) is 0.711. The summed E-state index contributed by atoms with van der Waals surface area (Å²) in [6.45, 7) is 9.20. The Morgan fingerprint density at radius 1 is 0.786 bits per heavy atom. The number of allylic oxidation sites excluding steroid dienone is 3. The van der Waals surface area contributed by atoms with E-state index in [1.165, 1.54) is 0 Å². The lowest BCUT2D eigenvalue weighted by Gasteiger charge is -2.06. The molecule has 0 aliphatic carbocycles.